The Kier molecular flexibility index (Phi) is 6.39. The van der Waals surface area contributed by atoms with E-state index in [2.05, 4.69) is 29.8 Å². The van der Waals surface area contributed by atoms with E-state index in [1.807, 2.05) is 30.5 Å². The minimum atomic E-state index is -0.391. The first kappa shape index (κ1) is 23.2. The summed E-state index contributed by atoms with van der Waals surface area (Å²) in [6, 6.07) is 18.9. The molecule has 2 unspecified atom stereocenters. The fourth-order valence-corrected chi connectivity index (χ4v) is 5.00. The molecule has 6 heteroatoms. The number of fused-ring (bicyclic) bond motifs is 1. The van der Waals surface area contributed by atoms with Crippen molar-refractivity contribution in [2.75, 3.05) is 13.1 Å². The zero-order chi connectivity index (χ0) is 24.5. The van der Waals surface area contributed by atoms with E-state index in [0.717, 1.165) is 41.5 Å². The maximum absolute atomic E-state index is 15.0. The molecule has 0 aliphatic carbocycles. The van der Waals surface area contributed by atoms with E-state index in [0.29, 0.717) is 11.1 Å². The Hall–Kier alpha value is -3.51. The largest absolute Gasteiger partial charge is 0.361 e. The van der Waals surface area contributed by atoms with Gasteiger partial charge in [0.25, 0.3) is 5.91 Å². The summed E-state index contributed by atoms with van der Waals surface area (Å²) in [5.74, 6) is -0.945. The van der Waals surface area contributed by atoms with Gasteiger partial charge in [0.2, 0.25) is 0 Å². The fraction of sp³-hybridized carbons (Fsp3) is 0.276. The molecule has 0 spiro atoms. The summed E-state index contributed by atoms with van der Waals surface area (Å²) >= 11 is 0. The third-order valence-corrected chi connectivity index (χ3v) is 7.09. The van der Waals surface area contributed by atoms with Crippen molar-refractivity contribution in [1.29, 1.82) is 0 Å². The highest BCUT2D eigenvalue weighted by Crippen LogP contribution is 2.30. The van der Waals surface area contributed by atoms with Crippen LogP contribution in [0, 0.1) is 11.6 Å². The maximum atomic E-state index is 15.0. The minimum Gasteiger partial charge on any atom is -0.361 e. The first-order valence-corrected chi connectivity index (χ1v) is 12.1. The van der Waals surface area contributed by atoms with Gasteiger partial charge in [-0.05, 0) is 91.0 Å². The molecule has 3 aromatic carbocycles. The summed E-state index contributed by atoms with van der Waals surface area (Å²) in [4.78, 5) is 20.8. The van der Waals surface area contributed by atoms with Crippen molar-refractivity contribution in [1.82, 2.24) is 14.8 Å². The van der Waals surface area contributed by atoms with Crippen LogP contribution in [0.5, 0.6) is 0 Å². The summed E-state index contributed by atoms with van der Waals surface area (Å²) in [5, 5.41) is 1.08. The molecule has 0 radical (unpaired) electrons. The number of hydrogen-bond donors (Lipinski definition) is 1. The SMILES string of the molecule is CCCN1CC(N(Cc2cc(-c3ccc4[nH]ccc4c3)ccc2F)C(=O)c2ccc(F)cc2)C1C. The van der Waals surface area contributed by atoms with Crippen LogP contribution in [0.25, 0.3) is 22.0 Å². The number of rotatable bonds is 7. The number of carbonyl (C=O) groups is 1. The number of aromatic amines is 1. The van der Waals surface area contributed by atoms with Gasteiger partial charge in [-0.2, -0.15) is 0 Å². The lowest BCUT2D eigenvalue weighted by Gasteiger charge is -2.51. The zero-order valence-electron chi connectivity index (χ0n) is 20.0. The van der Waals surface area contributed by atoms with Gasteiger partial charge in [-0.25, -0.2) is 8.78 Å². The smallest absolute Gasteiger partial charge is 0.254 e. The average molecular weight is 474 g/mol. The topological polar surface area (TPSA) is 39.3 Å². The zero-order valence-corrected chi connectivity index (χ0v) is 20.0. The van der Waals surface area contributed by atoms with Crippen molar-refractivity contribution in [3.8, 4) is 11.1 Å². The van der Waals surface area contributed by atoms with Crippen molar-refractivity contribution in [3.63, 3.8) is 0 Å². The molecule has 2 atom stereocenters. The van der Waals surface area contributed by atoms with Crippen LogP contribution in [-0.4, -0.2) is 45.9 Å². The Labute approximate surface area is 204 Å². The maximum Gasteiger partial charge on any atom is 0.254 e. The van der Waals surface area contributed by atoms with Crippen LogP contribution >= 0.6 is 0 Å². The quantitative estimate of drug-likeness (QED) is 0.345. The van der Waals surface area contributed by atoms with Gasteiger partial charge in [0.05, 0.1) is 6.04 Å². The predicted octanol–water partition coefficient (Wildman–Crippen LogP) is 6.24. The summed E-state index contributed by atoms with van der Waals surface area (Å²) in [5.41, 5.74) is 3.80. The summed E-state index contributed by atoms with van der Waals surface area (Å²) in [6.45, 7) is 6.09. The molecule has 2 heterocycles. The molecule has 4 nitrogen and oxygen atoms in total. The van der Waals surface area contributed by atoms with Gasteiger partial charge >= 0.3 is 0 Å². The molecule has 1 amide bonds. The van der Waals surface area contributed by atoms with Gasteiger partial charge in [-0.1, -0.05) is 19.1 Å². The van der Waals surface area contributed by atoms with E-state index in [9.17, 15) is 9.18 Å². The lowest BCUT2D eigenvalue weighted by molar-refractivity contribution is -0.0159. The highest BCUT2D eigenvalue weighted by Gasteiger charge is 2.41. The molecule has 0 saturated carbocycles. The number of nitrogens with one attached hydrogen (secondary N) is 1. The van der Waals surface area contributed by atoms with Crippen molar-refractivity contribution in [2.24, 2.45) is 0 Å². The van der Waals surface area contributed by atoms with Gasteiger partial charge in [0.1, 0.15) is 11.6 Å². The third kappa shape index (κ3) is 4.58. The Bertz CT molecular complexity index is 1350. The van der Waals surface area contributed by atoms with Crippen LogP contribution < -0.4 is 0 Å². The molecule has 1 aliphatic heterocycles. The van der Waals surface area contributed by atoms with E-state index in [1.165, 1.54) is 30.3 Å². The molecular weight excluding hydrogens is 444 g/mol. The first-order chi connectivity index (χ1) is 16.9. The molecule has 1 aromatic heterocycles. The number of likely N-dealkylation sites (tertiary alicyclic amines) is 1. The molecule has 1 aliphatic rings. The second-order valence-corrected chi connectivity index (χ2v) is 9.33. The van der Waals surface area contributed by atoms with Crippen molar-refractivity contribution in [3.05, 3.63) is 95.7 Å². The van der Waals surface area contributed by atoms with Crippen LogP contribution in [0.4, 0.5) is 8.78 Å². The highest BCUT2D eigenvalue weighted by molar-refractivity contribution is 5.94. The normalized spacial score (nSPS) is 17.9. The van der Waals surface area contributed by atoms with Crippen molar-refractivity contribution in [2.45, 2.75) is 38.9 Å². The number of benzene rings is 3. The number of carbonyl (C=O) groups excluding carboxylic acids is 1. The number of aromatic nitrogens is 1. The van der Waals surface area contributed by atoms with Gasteiger partial charge in [-0.3, -0.25) is 9.69 Å². The monoisotopic (exact) mass is 473 g/mol. The standard InChI is InChI=1S/C29H29F2N3O/c1-3-14-33-18-28(19(33)2)34(29(35)20-4-8-25(30)9-5-20)17-24-16-21(6-10-26(24)31)22-7-11-27-23(15-22)12-13-32-27/h4-13,15-16,19,28,32H,3,14,17-18H2,1-2H3. The number of hydrogen-bond acceptors (Lipinski definition) is 2. The van der Waals surface area contributed by atoms with E-state index in [4.69, 9.17) is 0 Å². The molecule has 1 N–H and O–H groups in total. The van der Waals surface area contributed by atoms with Gasteiger partial charge in [-0.15, -0.1) is 0 Å². The van der Waals surface area contributed by atoms with E-state index in [-0.39, 0.29) is 30.4 Å². The fourth-order valence-electron chi connectivity index (χ4n) is 5.00. The van der Waals surface area contributed by atoms with Crippen LogP contribution in [0.2, 0.25) is 0 Å². The summed E-state index contributed by atoms with van der Waals surface area (Å²) in [6.07, 6.45) is 2.93. The highest BCUT2D eigenvalue weighted by atomic mass is 19.1. The molecule has 1 fully saturated rings. The van der Waals surface area contributed by atoms with Gasteiger partial charge < -0.3 is 9.88 Å². The van der Waals surface area contributed by atoms with E-state index >= 15 is 4.39 Å². The van der Waals surface area contributed by atoms with Gasteiger partial charge in [0.15, 0.2) is 0 Å². The molecule has 35 heavy (non-hydrogen) atoms. The lowest BCUT2D eigenvalue weighted by Crippen LogP contribution is -2.66. The van der Waals surface area contributed by atoms with Crippen molar-refractivity contribution >= 4 is 16.8 Å². The van der Waals surface area contributed by atoms with Crippen LogP contribution in [-0.2, 0) is 6.54 Å². The van der Waals surface area contributed by atoms with Crippen LogP contribution in [0.15, 0.2) is 72.9 Å². The first-order valence-electron chi connectivity index (χ1n) is 12.1. The molecular formula is C29H29F2N3O. The van der Waals surface area contributed by atoms with E-state index < -0.39 is 5.82 Å². The Morgan fingerprint density at radius 2 is 1.77 bits per heavy atom. The number of amides is 1. The van der Waals surface area contributed by atoms with Crippen LogP contribution in [0.1, 0.15) is 36.2 Å². The third-order valence-electron chi connectivity index (χ3n) is 7.09. The average Bonchev–Trinajstić information content (AvgIpc) is 3.34. The number of nitrogens with zero attached hydrogens (tertiary/aromatic N) is 2. The molecule has 0 bridgehead atoms. The lowest BCUT2D eigenvalue weighted by atomic mass is 9.94. The molecule has 5 rings (SSSR count). The Morgan fingerprint density at radius 3 is 2.51 bits per heavy atom. The summed E-state index contributed by atoms with van der Waals surface area (Å²) in [7, 11) is 0. The molecule has 1 saturated heterocycles. The summed E-state index contributed by atoms with van der Waals surface area (Å²) < 4.78 is 28.5. The van der Waals surface area contributed by atoms with E-state index in [1.54, 1.807) is 11.0 Å². The predicted molar refractivity (Wildman–Crippen MR) is 135 cm³/mol. The second kappa shape index (κ2) is 9.62. The Morgan fingerprint density at radius 1 is 1.03 bits per heavy atom. The van der Waals surface area contributed by atoms with Gasteiger partial charge in [0, 0.05) is 42.0 Å². The second-order valence-electron chi connectivity index (χ2n) is 9.33. The minimum absolute atomic E-state index is 0.0432. The number of halogens is 2. The Balaban J connectivity index is 1.47. The van der Waals surface area contributed by atoms with Crippen LogP contribution in [0.3, 0.4) is 0 Å². The van der Waals surface area contributed by atoms with Crippen molar-refractivity contribution < 1.29 is 13.6 Å². The molecule has 4 aromatic rings. The molecule has 180 valence electrons. The number of H-pyrrole nitrogens is 1.